The fraction of sp³-hybridized carbons (Fsp3) is 0.500. The molecule has 1 aliphatic heterocycles. The minimum absolute atomic E-state index is 0.124. The molecule has 2 heterocycles. The van der Waals surface area contributed by atoms with Gasteiger partial charge in [-0.1, -0.05) is 18.6 Å². The summed E-state index contributed by atoms with van der Waals surface area (Å²) in [6.07, 6.45) is 3.40. The van der Waals surface area contributed by atoms with E-state index in [1.165, 1.54) is 4.31 Å². The maximum Gasteiger partial charge on any atom is 0.306 e. The van der Waals surface area contributed by atoms with Gasteiger partial charge >= 0.3 is 5.97 Å². The Balaban J connectivity index is 1.50. The summed E-state index contributed by atoms with van der Waals surface area (Å²) in [6, 6.07) is 8.48. The third-order valence-electron chi connectivity index (χ3n) is 6.05. The molecule has 0 spiro atoms. The lowest BCUT2D eigenvalue weighted by Crippen LogP contribution is -2.35. The molecule has 32 heavy (non-hydrogen) atoms. The summed E-state index contributed by atoms with van der Waals surface area (Å²) in [7, 11) is -3.46. The van der Waals surface area contributed by atoms with Gasteiger partial charge in [-0.05, 0) is 63.8 Å². The molecule has 0 N–H and O–H groups in total. The summed E-state index contributed by atoms with van der Waals surface area (Å²) < 4.78 is 34.2. The van der Waals surface area contributed by atoms with Crippen LogP contribution in [0.2, 0.25) is 0 Å². The lowest BCUT2D eigenvalue weighted by molar-refractivity contribution is -0.142. The molecule has 1 aromatic heterocycles. The number of aryl methyl sites for hydroxylation is 2. The fourth-order valence-corrected chi connectivity index (χ4v) is 5.71. The van der Waals surface area contributed by atoms with E-state index in [1.807, 2.05) is 31.4 Å². The van der Waals surface area contributed by atoms with Crippen LogP contribution in [0.25, 0.3) is 0 Å². The van der Waals surface area contributed by atoms with E-state index in [-0.39, 0.29) is 23.7 Å². The van der Waals surface area contributed by atoms with Crippen LogP contribution in [-0.2, 0) is 32.5 Å². The van der Waals surface area contributed by atoms with Gasteiger partial charge in [-0.3, -0.25) is 9.59 Å². The molecule has 0 aliphatic carbocycles. The molecule has 1 saturated heterocycles. The van der Waals surface area contributed by atoms with Crippen molar-refractivity contribution in [2.24, 2.45) is 0 Å². The Morgan fingerprint density at radius 1 is 1.03 bits per heavy atom. The van der Waals surface area contributed by atoms with E-state index < -0.39 is 16.0 Å². The standard InChI is InChI=1S/C24H32N2O5S/c1-4-26-18(2)16-22(19(26)3)23(27)17-31-24(28)13-10-20-8-11-21(12-9-20)32(29,30)25-14-6-5-7-15-25/h8-9,11-12,16H,4-7,10,13-15,17H2,1-3H3. The molecule has 0 radical (unpaired) electrons. The van der Waals surface area contributed by atoms with Gasteiger partial charge < -0.3 is 9.30 Å². The van der Waals surface area contributed by atoms with E-state index in [0.29, 0.717) is 25.1 Å². The zero-order valence-corrected chi connectivity index (χ0v) is 19.9. The quantitative estimate of drug-likeness (QED) is 0.421. The molecule has 1 fully saturated rings. The highest BCUT2D eigenvalue weighted by atomic mass is 32.2. The van der Waals surface area contributed by atoms with Crippen LogP contribution in [0.4, 0.5) is 0 Å². The van der Waals surface area contributed by atoms with Crippen LogP contribution in [0, 0.1) is 13.8 Å². The number of piperidine rings is 1. The first-order valence-corrected chi connectivity index (χ1v) is 12.6. The maximum atomic E-state index is 12.7. The number of ketones is 1. The van der Waals surface area contributed by atoms with Crippen molar-refractivity contribution in [3.8, 4) is 0 Å². The molecule has 3 rings (SSSR count). The average Bonchev–Trinajstić information content (AvgIpc) is 3.10. The highest BCUT2D eigenvalue weighted by Gasteiger charge is 2.25. The van der Waals surface area contributed by atoms with Crippen molar-refractivity contribution in [3.05, 3.63) is 52.8 Å². The van der Waals surface area contributed by atoms with Gasteiger partial charge in [-0.25, -0.2) is 8.42 Å². The van der Waals surface area contributed by atoms with E-state index >= 15 is 0 Å². The van der Waals surface area contributed by atoms with Crippen molar-refractivity contribution < 1.29 is 22.7 Å². The highest BCUT2D eigenvalue weighted by Crippen LogP contribution is 2.21. The van der Waals surface area contributed by atoms with Gasteiger partial charge in [-0.15, -0.1) is 0 Å². The monoisotopic (exact) mass is 460 g/mol. The van der Waals surface area contributed by atoms with Gasteiger partial charge in [0, 0.05) is 43.0 Å². The molecule has 0 amide bonds. The number of aromatic nitrogens is 1. The maximum absolute atomic E-state index is 12.7. The van der Waals surface area contributed by atoms with Crippen LogP contribution in [0.5, 0.6) is 0 Å². The second-order valence-corrected chi connectivity index (χ2v) is 10.2. The Morgan fingerprint density at radius 2 is 1.69 bits per heavy atom. The Morgan fingerprint density at radius 3 is 2.28 bits per heavy atom. The van der Waals surface area contributed by atoms with Gasteiger partial charge in [0.2, 0.25) is 15.8 Å². The SMILES string of the molecule is CCn1c(C)cc(C(=O)COC(=O)CCc2ccc(S(=O)(=O)N3CCCCC3)cc2)c1C. The summed E-state index contributed by atoms with van der Waals surface area (Å²) >= 11 is 0. The zero-order chi connectivity index (χ0) is 23.3. The van der Waals surface area contributed by atoms with Crippen LogP contribution < -0.4 is 0 Å². The second-order valence-electron chi connectivity index (χ2n) is 8.22. The van der Waals surface area contributed by atoms with Gasteiger partial charge in [0.05, 0.1) is 4.90 Å². The minimum atomic E-state index is -3.46. The molecule has 0 bridgehead atoms. The molecule has 1 aliphatic rings. The fourth-order valence-electron chi connectivity index (χ4n) is 4.19. The number of carbonyl (C=O) groups is 2. The molecular weight excluding hydrogens is 428 g/mol. The van der Waals surface area contributed by atoms with E-state index in [1.54, 1.807) is 24.3 Å². The summed E-state index contributed by atoms with van der Waals surface area (Å²) in [5.74, 6) is -0.661. The van der Waals surface area contributed by atoms with Gasteiger partial charge in [0.1, 0.15) is 0 Å². The Hall–Kier alpha value is -2.45. The van der Waals surface area contributed by atoms with E-state index in [9.17, 15) is 18.0 Å². The topological polar surface area (TPSA) is 85.7 Å². The van der Waals surface area contributed by atoms with Crippen molar-refractivity contribution in [1.82, 2.24) is 8.87 Å². The molecule has 0 unspecified atom stereocenters. The van der Waals surface area contributed by atoms with Crippen molar-refractivity contribution in [1.29, 1.82) is 0 Å². The minimum Gasteiger partial charge on any atom is -0.457 e. The number of hydrogen-bond donors (Lipinski definition) is 0. The van der Waals surface area contributed by atoms with E-state index in [4.69, 9.17) is 4.74 Å². The lowest BCUT2D eigenvalue weighted by atomic mass is 10.1. The third-order valence-corrected chi connectivity index (χ3v) is 7.96. The molecule has 174 valence electrons. The first kappa shape index (κ1) is 24.2. The van der Waals surface area contributed by atoms with E-state index in [2.05, 4.69) is 0 Å². The number of hydrogen-bond acceptors (Lipinski definition) is 5. The molecule has 2 aromatic rings. The predicted molar refractivity (Wildman–Crippen MR) is 122 cm³/mol. The van der Waals surface area contributed by atoms with Crippen LogP contribution in [0.15, 0.2) is 35.2 Å². The molecule has 8 heteroatoms. The van der Waals surface area contributed by atoms with Crippen LogP contribution in [0.1, 0.15) is 59.9 Å². The Bertz CT molecular complexity index is 1060. The van der Waals surface area contributed by atoms with Gasteiger partial charge in [-0.2, -0.15) is 4.31 Å². The number of carbonyl (C=O) groups excluding carboxylic acids is 2. The van der Waals surface area contributed by atoms with Gasteiger partial charge in [0.15, 0.2) is 6.61 Å². The molecule has 1 aromatic carbocycles. The Labute approximate surface area is 190 Å². The number of ether oxygens (including phenoxy) is 1. The number of esters is 1. The van der Waals surface area contributed by atoms with Crippen LogP contribution in [0.3, 0.4) is 0 Å². The summed E-state index contributed by atoms with van der Waals surface area (Å²) in [5.41, 5.74) is 3.32. The van der Waals surface area contributed by atoms with Crippen molar-refractivity contribution in [2.75, 3.05) is 19.7 Å². The predicted octanol–water partition coefficient (Wildman–Crippen LogP) is 3.66. The number of benzene rings is 1. The molecule has 7 nitrogen and oxygen atoms in total. The summed E-state index contributed by atoms with van der Waals surface area (Å²) in [4.78, 5) is 24.8. The lowest BCUT2D eigenvalue weighted by Gasteiger charge is -2.25. The first-order valence-electron chi connectivity index (χ1n) is 11.2. The van der Waals surface area contributed by atoms with Crippen molar-refractivity contribution >= 4 is 21.8 Å². The first-order chi connectivity index (χ1) is 15.2. The van der Waals surface area contributed by atoms with Crippen molar-refractivity contribution in [3.63, 3.8) is 0 Å². The number of nitrogens with zero attached hydrogens (tertiary/aromatic N) is 2. The van der Waals surface area contributed by atoms with Gasteiger partial charge in [0.25, 0.3) is 0 Å². The third kappa shape index (κ3) is 5.48. The molecular formula is C24H32N2O5S. The number of Topliss-reactive ketones (excluding diaryl/α,β-unsaturated/α-hetero) is 1. The zero-order valence-electron chi connectivity index (χ0n) is 19.1. The molecule has 0 saturated carbocycles. The van der Waals surface area contributed by atoms with Crippen LogP contribution >= 0.6 is 0 Å². The summed E-state index contributed by atoms with van der Waals surface area (Å²) in [5, 5.41) is 0. The largest absolute Gasteiger partial charge is 0.457 e. The Kier molecular flexibility index (Phi) is 7.90. The number of rotatable bonds is 9. The molecule has 0 atom stereocenters. The van der Waals surface area contributed by atoms with Crippen molar-refractivity contribution in [2.45, 2.75) is 64.3 Å². The normalized spacial score (nSPS) is 15.0. The smallest absolute Gasteiger partial charge is 0.306 e. The van der Waals surface area contributed by atoms with Crippen LogP contribution in [-0.4, -0.2) is 48.7 Å². The average molecular weight is 461 g/mol. The number of sulfonamides is 1. The highest BCUT2D eigenvalue weighted by molar-refractivity contribution is 7.89. The summed E-state index contributed by atoms with van der Waals surface area (Å²) in [6.45, 7) is 7.49. The van der Waals surface area contributed by atoms with E-state index in [0.717, 1.165) is 42.8 Å². The second kappa shape index (κ2) is 10.4.